The van der Waals surface area contributed by atoms with Gasteiger partial charge in [-0.3, -0.25) is 19.2 Å². The summed E-state index contributed by atoms with van der Waals surface area (Å²) in [5.74, 6) is -9.77. The molecule has 0 bridgehead atoms. The van der Waals surface area contributed by atoms with E-state index in [0.29, 0.717) is 5.56 Å². The second kappa shape index (κ2) is 10.6. The van der Waals surface area contributed by atoms with Crippen LogP contribution in [0.25, 0.3) is 5.76 Å². The SMILES string of the molecule is NC(=O)C1=C(O)[C@@]2(O)C(=O)C3=C(O)c4c(O)cccc4[C@H](COC4CCCC4)[C@H]3[C@H](OC(=O)CCBr)[C@H]2CC1=O. The summed E-state index contributed by atoms with van der Waals surface area (Å²) in [5, 5.41) is 45.2. The Hall–Kier alpha value is -3.22. The van der Waals surface area contributed by atoms with E-state index in [0.717, 1.165) is 25.7 Å². The number of amides is 1. The zero-order valence-corrected chi connectivity index (χ0v) is 23.1. The first-order valence-corrected chi connectivity index (χ1v) is 14.3. The Morgan fingerprint density at radius 3 is 2.48 bits per heavy atom. The van der Waals surface area contributed by atoms with Crippen molar-refractivity contribution in [1.29, 1.82) is 0 Å². The number of rotatable bonds is 7. The van der Waals surface area contributed by atoms with E-state index >= 15 is 0 Å². The number of esters is 1. The molecule has 214 valence electrons. The van der Waals surface area contributed by atoms with Crippen LogP contribution in [0.3, 0.4) is 0 Å². The summed E-state index contributed by atoms with van der Waals surface area (Å²) in [4.78, 5) is 51.9. The van der Waals surface area contributed by atoms with Gasteiger partial charge in [0.05, 0.1) is 24.7 Å². The molecule has 0 heterocycles. The van der Waals surface area contributed by atoms with Crippen molar-refractivity contribution in [2.75, 3.05) is 11.9 Å². The Labute approximate surface area is 237 Å². The number of halogens is 1. The topological polar surface area (TPSA) is 194 Å². The number of carbonyl (C=O) groups is 4. The number of hydrogen-bond donors (Lipinski definition) is 5. The predicted octanol–water partition coefficient (Wildman–Crippen LogP) is 2.23. The predicted molar refractivity (Wildman–Crippen MR) is 142 cm³/mol. The summed E-state index contributed by atoms with van der Waals surface area (Å²) in [6.45, 7) is 0.0236. The van der Waals surface area contributed by atoms with Crippen molar-refractivity contribution < 1.29 is 49.1 Å². The van der Waals surface area contributed by atoms with Crippen molar-refractivity contribution in [3.63, 3.8) is 0 Å². The molecule has 0 saturated heterocycles. The molecule has 6 N–H and O–H groups in total. The number of nitrogens with two attached hydrogens (primary N) is 1. The lowest BCUT2D eigenvalue weighted by molar-refractivity contribution is -0.179. The minimum absolute atomic E-state index is 0.0236. The summed E-state index contributed by atoms with van der Waals surface area (Å²) in [6.07, 6.45) is 1.51. The van der Waals surface area contributed by atoms with Gasteiger partial charge in [-0.05, 0) is 24.5 Å². The molecule has 1 aromatic rings. The normalized spacial score (nSPS) is 30.1. The van der Waals surface area contributed by atoms with Crippen molar-refractivity contribution in [1.82, 2.24) is 0 Å². The van der Waals surface area contributed by atoms with Gasteiger partial charge >= 0.3 is 5.97 Å². The quantitative estimate of drug-likeness (QED) is 0.171. The van der Waals surface area contributed by atoms with Crippen LogP contribution in [-0.4, -0.2) is 73.6 Å². The number of fused-ring (bicyclic) bond motifs is 3. The highest BCUT2D eigenvalue weighted by atomic mass is 79.9. The van der Waals surface area contributed by atoms with Gasteiger partial charge in [0.15, 0.2) is 11.4 Å². The third kappa shape index (κ3) is 4.33. The Morgan fingerprint density at radius 2 is 1.82 bits per heavy atom. The third-order valence-corrected chi connectivity index (χ3v) is 8.92. The van der Waals surface area contributed by atoms with Crippen LogP contribution in [0.15, 0.2) is 35.1 Å². The van der Waals surface area contributed by atoms with Gasteiger partial charge in [-0.25, -0.2) is 0 Å². The molecule has 1 amide bonds. The van der Waals surface area contributed by atoms with Gasteiger partial charge in [0.25, 0.3) is 5.91 Å². The fourth-order valence-corrected chi connectivity index (χ4v) is 7.01. The van der Waals surface area contributed by atoms with Crippen LogP contribution in [0.4, 0.5) is 0 Å². The zero-order valence-electron chi connectivity index (χ0n) is 21.5. The number of ether oxygens (including phenoxy) is 2. The maximum atomic E-state index is 14.1. The van der Waals surface area contributed by atoms with Crippen molar-refractivity contribution in [3.05, 3.63) is 46.2 Å². The number of aliphatic hydroxyl groups is 3. The average molecular weight is 620 g/mol. The molecule has 4 aliphatic carbocycles. The van der Waals surface area contributed by atoms with Gasteiger partial charge in [0.2, 0.25) is 5.78 Å². The Bertz CT molecular complexity index is 1350. The van der Waals surface area contributed by atoms with Gasteiger partial charge in [-0.1, -0.05) is 40.9 Å². The molecule has 0 radical (unpaired) electrons. The number of aliphatic hydroxyl groups excluding tert-OH is 2. The molecule has 0 aromatic heterocycles. The molecule has 2 fully saturated rings. The molecule has 40 heavy (non-hydrogen) atoms. The van der Waals surface area contributed by atoms with Gasteiger partial charge in [-0.15, -0.1) is 0 Å². The third-order valence-electron chi connectivity index (χ3n) is 8.52. The second-order valence-electron chi connectivity index (χ2n) is 10.7. The molecular formula is C28H30BrNO10. The van der Waals surface area contributed by atoms with E-state index in [4.69, 9.17) is 15.2 Å². The zero-order chi connectivity index (χ0) is 28.9. The summed E-state index contributed by atoms with van der Waals surface area (Å²) in [7, 11) is 0. The second-order valence-corrected chi connectivity index (χ2v) is 11.5. The minimum Gasteiger partial charge on any atom is -0.508 e. The molecule has 0 unspecified atom stereocenters. The fourth-order valence-electron chi connectivity index (χ4n) is 6.68. The van der Waals surface area contributed by atoms with Crippen LogP contribution in [0.2, 0.25) is 0 Å². The highest BCUT2D eigenvalue weighted by Crippen LogP contribution is 2.56. The first-order chi connectivity index (χ1) is 19.0. The van der Waals surface area contributed by atoms with Crippen LogP contribution in [0.5, 0.6) is 5.75 Å². The van der Waals surface area contributed by atoms with E-state index in [-0.39, 0.29) is 35.8 Å². The monoisotopic (exact) mass is 619 g/mol. The van der Waals surface area contributed by atoms with Gasteiger partial charge < -0.3 is 35.6 Å². The molecule has 0 aliphatic heterocycles. The summed E-state index contributed by atoms with van der Waals surface area (Å²) in [6, 6.07) is 4.55. The van der Waals surface area contributed by atoms with Crippen LogP contribution in [-0.2, 0) is 28.7 Å². The number of Topliss-reactive ketones (excluding diaryl/α,β-unsaturated/α-hetero) is 2. The van der Waals surface area contributed by atoms with Gasteiger partial charge in [0.1, 0.15) is 28.9 Å². The lowest BCUT2D eigenvalue weighted by Crippen LogP contribution is -2.65. The Balaban J connectivity index is 1.73. The number of phenolic OH excluding ortho intramolecular Hbond substituents is 1. The molecular weight excluding hydrogens is 590 g/mol. The number of ketones is 2. The highest BCUT2D eigenvalue weighted by Gasteiger charge is 2.66. The Kier molecular flexibility index (Phi) is 7.53. The van der Waals surface area contributed by atoms with Crippen LogP contribution in [0.1, 0.15) is 55.6 Å². The number of hydrogen-bond acceptors (Lipinski definition) is 10. The number of aromatic hydroxyl groups is 1. The van der Waals surface area contributed by atoms with Crippen LogP contribution < -0.4 is 5.73 Å². The number of benzene rings is 1. The van der Waals surface area contributed by atoms with Crippen molar-refractivity contribution in [3.8, 4) is 5.75 Å². The maximum absolute atomic E-state index is 14.1. The van der Waals surface area contributed by atoms with E-state index in [1.807, 2.05) is 0 Å². The first-order valence-electron chi connectivity index (χ1n) is 13.2. The van der Waals surface area contributed by atoms with E-state index < -0.39 is 82.0 Å². The highest BCUT2D eigenvalue weighted by molar-refractivity contribution is 9.09. The van der Waals surface area contributed by atoms with Crippen molar-refractivity contribution in [2.24, 2.45) is 17.6 Å². The first kappa shape index (κ1) is 28.3. The number of primary amides is 1. The van der Waals surface area contributed by atoms with Gasteiger partial charge in [-0.2, -0.15) is 0 Å². The van der Waals surface area contributed by atoms with Gasteiger partial charge in [0, 0.05) is 35.1 Å². The molecule has 0 spiro atoms. The average Bonchev–Trinajstić information content (AvgIpc) is 3.41. The maximum Gasteiger partial charge on any atom is 0.306 e. The lowest BCUT2D eigenvalue weighted by Gasteiger charge is -2.51. The standard InChI is InChI=1S/C28H30BrNO10/c29-9-8-18(33)40-24-15-10-17(32)21(27(30)37)25(35)28(15,38)26(36)22-20(24)14(11-39-12-4-1-2-5-12)13-6-3-7-16(31)19(13)23(22)34/h3,6-7,12,14-15,20,24,31,34-35,38H,1-2,4-5,8-11H2,(H2,30,37)/t14-,15+,20+,24+,28+/m0/s1. The largest absolute Gasteiger partial charge is 0.508 e. The number of carbonyl (C=O) groups excluding carboxylic acids is 4. The number of phenols is 1. The van der Waals surface area contributed by atoms with E-state index in [1.54, 1.807) is 12.1 Å². The fraction of sp³-hybridized carbons (Fsp3) is 0.500. The molecule has 4 aliphatic rings. The molecule has 12 heteroatoms. The van der Waals surface area contributed by atoms with Crippen LogP contribution >= 0.6 is 15.9 Å². The summed E-state index contributed by atoms with van der Waals surface area (Å²) >= 11 is 3.17. The number of alkyl halides is 1. The van der Waals surface area contributed by atoms with Crippen molar-refractivity contribution >= 4 is 45.1 Å². The van der Waals surface area contributed by atoms with Crippen LogP contribution in [0, 0.1) is 11.8 Å². The molecule has 5 atom stereocenters. The lowest BCUT2D eigenvalue weighted by atomic mass is 9.55. The molecule has 1 aromatic carbocycles. The molecule has 5 rings (SSSR count). The van der Waals surface area contributed by atoms with E-state index in [1.165, 1.54) is 6.07 Å². The van der Waals surface area contributed by atoms with E-state index in [9.17, 15) is 39.6 Å². The molecule has 11 nitrogen and oxygen atoms in total. The molecule has 2 saturated carbocycles. The summed E-state index contributed by atoms with van der Waals surface area (Å²) in [5.41, 5.74) is 1.42. The van der Waals surface area contributed by atoms with E-state index in [2.05, 4.69) is 15.9 Å². The minimum atomic E-state index is -2.91. The van der Waals surface area contributed by atoms with Crippen molar-refractivity contribution in [2.45, 2.75) is 62.3 Å². The summed E-state index contributed by atoms with van der Waals surface area (Å²) < 4.78 is 12.0. The Morgan fingerprint density at radius 1 is 1.12 bits per heavy atom. The smallest absolute Gasteiger partial charge is 0.306 e.